The van der Waals surface area contributed by atoms with Crippen LogP contribution in [-0.2, 0) is 28.5 Å². The molecule has 4 aliphatic rings. The predicted molar refractivity (Wildman–Crippen MR) is 233 cm³/mol. The fraction of sp³-hybridized carbons (Fsp3) is 0.489. The second kappa shape index (κ2) is 20.0. The molecule has 4 aliphatic heterocycles. The van der Waals surface area contributed by atoms with E-state index < -0.39 is 24.3 Å². The van der Waals surface area contributed by atoms with E-state index in [1.54, 1.807) is 4.90 Å². The molecule has 16 heteroatoms. The molecule has 0 radical (unpaired) electrons. The third kappa shape index (κ3) is 9.97. The first kappa shape index (κ1) is 43.6. The first-order chi connectivity index (χ1) is 30.7. The number of aromatic nitrogens is 2. The molecule has 4 N–H and O–H groups in total. The van der Waals surface area contributed by atoms with Gasteiger partial charge in [-0.15, -0.1) is 0 Å². The van der Waals surface area contributed by atoms with Crippen molar-refractivity contribution in [3.63, 3.8) is 0 Å². The lowest BCUT2D eigenvalue weighted by atomic mass is 9.90. The van der Waals surface area contributed by atoms with Gasteiger partial charge in [-0.2, -0.15) is 0 Å². The highest BCUT2D eigenvalue weighted by atomic mass is 16.5. The van der Waals surface area contributed by atoms with Gasteiger partial charge in [0.1, 0.15) is 17.9 Å². The molecule has 3 aromatic carbocycles. The monoisotopic (exact) mass is 863 g/mol. The Morgan fingerprint density at radius 1 is 0.698 bits per heavy atom. The summed E-state index contributed by atoms with van der Waals surface area (Å²) in [5, 5.41) is 10.7. The number of carbonyl (C=O) groups is 5. The minimum atomic E-state index is -0.707. The van der Waals surface area contributed by atoms with Crippen LogP contribution >= 0.6 is 0 Å². The Hall–Kier alpha value is -6.00. The van der Waals surface area contributed by atoms with Gasteiger partial charge in [0, 0.05) is 63.2 Å². The van der Waals surface area contributed by atoms with Crippen molar-refractivity contribution in [2.24, 2.45) is 11.8 Å². The number of hydrogen-bond donors (Lipinski definition) is 4. The van der Waals surface area contributed by atoms with Crippen molar-refractivity contribution in [3.05, 3.63) is 78.2 Å². The van der Waals surface area contributed by atoms with Gasteiger partial charge in [0.2, 0.25) is 11.8 Å². The Labute approximate surface area is 366 Å². The van der Waals surface area contributed by atoms with Crippen LogP contribution in [-0.4, -0.2) is 128 Å². The van der Waals surface area contributed by atoms with Crippen molar-refractivity contribution < 1.29 is 42.9 Å². The summed E-state index contributed by atoms with van der Waals surface area (Å²) in [5.41, 5.74) is 4.32. The van der Waals surface area contributed by atoms with E-state index >= 15 is 0 Å². The Kier molecular flexibility index (Phi) is 13.9. The number of amides is 5. The maximum Gasteiger partial charge on any atom is 0.407 e. The summed E-state index contributed by atoms with van der Waals surface area (Å²) in [5.74, 6) is 0.137. The molecule has 1 aromatic heterocycles. The van der Waals surface area contributed by atoms with Crippen LogP contribution in [0, 0.1) is 11.8 Å². The van der Waals surface area contributed by atoms with Gasteiger partial charge in [0.05, 0.1) is 32.2 Å². The lowest BCUT2D eigenvalue weighted by Crippen LogP contribution is -2.55. The number of imidazole rings is 1. The number of benzene rings is 3. The molecule has 63 heavy (non-hydrogen) atoms. The molecule has 0 bridgehead atoms. The molecule has 4 atom stereocenters. The number of fused-ring (bicyclic) bond motifs is 1. The lowest BCUT2D eigenvalue weighted by Gasteiger charge is -2.34. The molecule has 4 aromatic rings. The predicted octanol–water partition coefficient (Wildman–Crippen LogP) is 5.58. The third-order valence-corrected chi connectivity index (χ3v) is 13.2. The van der Waals surface area contributed by atoms with Gasteiger partial charge in [-0.3, -0.25) is 14.4 Å². The summed E-state index contributed by atoms with van der Waals surface area (Å²) >= 11 is 0. The molecule has 5 amide bonds. The first-order valence-corrected chi connectivity index (χ1v) is 22.1. The maximum atomic E-state index is 14.0. The number of hydrogen-bond acceptors (Lipinski definition) is 10. The lowest BCUT2D eigenvalue weighted by molar-refractivity contribution is -0.137. The largest absolute Gasteiger partial charge is 0.453 e. The van der Waals surface area contributed by atoms with Crippen LogP contribution in [0.5, 0.6) is 0 Å². The van der Waals surface area contributed by atoms with Gasteiger partial charge in [-0.1, -0.05) is 36.4 Å². The number of nitrogens with zero attached hydrogens (tertiary/aromatic N) is 3. The maximum absolute atomic E-state index is 14.0. The number of aromatic amines is 1. The van der Waals surface area contributed by atoms with Crippen molar-refractivity contribution in [1.29, 1.82) is 0 Å². The number of nitrogens with one attached hydrogen (secondary N) is 4. The van der Waals surface area contributed by atoms with E-state index in [9.17, 15) is 24.0 Å². The van der Waals surface area contributed by atoms with Crippen LogP contribution < -0.4 is 16.0 Å². The molecule has 8 rings (SSSR count). The average molecular weight is 864 g/mol. The van der Waals surface area contributed by atoms with Crippen molar-refractivity contribution in [2.45, 2.75) is 75.5 Å². The normalized spacial score (nSPS) is 20.5. The van der Waals surface area contributed by atoms with Crippen LogP contribution in [0.3, 0.4) is 0 Å². The molecule has 334 valence electrons. The topological polar surface area (TPSA) is 194 Å². The number of alkyl carbamates (subject to hydrolysis) is 2. The van der Waals surface area contributed by atoms with E-state index in [0.717, 1.165) is 58.8 Å². The van der Waals surface area contributed by atoms with Crippen LogP contribution in [0.2, 0.25) is 0 Å². The molecule has 16 nitrogen and oxygen atoms in total. The minimum absolute atomic E-state index is 0.0375. The molecule has 0 saturated carbocycles. The molecule has 0 aliphatic carbocycles. The molecular weight excluding hydrogens is 807 g/mol. The van der Waals surface area contributed by atoms with Gasteiger partial charge in [-0.25, -0.2) is 14.6 Å². The van der Waals surface area contributed by atoms with E-state index in [0.29, 0.717) is 83.1 Å². The van der Waals surface area contributed by atoms with Gasteiger partial charge in [0.15, 0.2) is 0 Å². The highest BCUT2D eigenvalue weighted by Crippen LogP contribution is 2.35. The smallest absolute Gasteiger partial charge is 0.407 e. The third-order valence-electron chi connectivity index (χ3n) is 13.2. The van der Waals surface area contributed by atoms with Gasteiger partial charge in [-0.05, 0) is 109 Å². The van der Waals surface area contributed by atoms with Crippen LogP contribution in [0.4, 0.5) is 9.59 Å². The summed E-state index contributed by atoms with van der Waals surface area (Å²) in [6.45, 7) is 3.64. The number of ether oxygens (including phenoxy) is 4. The van der Waals surface area contributed by atoms with Crippen molar-refractivity contribution >= 4 is 40.7 Å². The Morgan fingerprint density at radius 3 is 1.86 bits per heavy atom. The van der Waals surface area contributed by atoms with Crippen LogP contribution in [0.1, 0.15) is 73.6 Å². The number of rotatable bonds is 12. The van der Waals surface area contributed by atoms with Crippen molar-refractivity contribution in [3.8, 4) is 22.4 Å². The minimum Gasteiger partial charge on any atom is -0.453 e. The van der Waals surface area contributed by atoms with Crippen LogP contribution in [0.15, 0.2) is 66.9 Å². The van der Waals surface area contributed by atoms with Gasteiger partial charge in [0.25, 0.3) is 5.91 Å². The van der Waals surface area contributed by atoms with E-state index in [4.69, 9.17) is 23.9 Å². The fourth-order valence-corrected chi connectivity index (χ4v) is 9.61. The molecule has 0 spiro atoms. The van der Waals surface area contributed by atoms with E-state index in [2.05, 4.69) is 57.3 Å². The summed E-state index contributed by atoms with van der Waals surface area (Å²) < 4.78 is 20.7. The molecular formula is C47H57N7O9. The van der Waals surface area contributed by atoms with Gasteiger partial charge >= 0.3 is 12.2 Å². The zero-order valence-electron chi connectivity index (χ0n) is 35.9. The Balaban J connectivity index is 0.888. The number of H-pyrrole nitrogens is 1. The van der Waals surface area contributed by atoms with Crippen molar-refractivity contribution in [1.82, 2.24) is 35.7 Å². The second-order valence-electron chi connectivity index (χ2n) is 16.9. The molecule has 4 unspecified atom stereocenters. The quantitative estimate of drug-likeness (QED) is 0.140. The number of likely N-dealkylation sites (tertiary alicyclic amines) is 2. The number of carbonyl (C=O) groups excluding carboxylic acids is 5. The second-order valence-corrected chi connectivity index (χ2v) is 16.9. The Bertz CT molecular complexity index is 2270. The van der Waals surface area contributed by atoms with E-state index in [1.807, 2.05) is 35.4 Å². The highest BCUT2D eigenvalue weighted by molar-refractivity contribution is 5.95. The summed E-state index contributed by atoms with van der Waals surface area (Å²) in [4.78, 5) is 77.4. The standard InChI is InChI=1S/C47H57N7O9/c1-60-46(58)51-40(30-15-21-62-22-16-30)44(56)53-19-3-5-37(53)27-49-43(55)32-9-7-29(8-10-32)33-11-12-35-26-36(14-13-34(35)25-33)38-28-48-42(50-38)39-6-4-20-54(39)45(57)41(52-47(59)61-2)31-17-23-63-24-18-31/h7-14,25-26,28,30-31,37,39-41H,3-6,15-24,27H2,1-2H3,(H,48,50)(H,49,55)(H,51,58)(H,52,59). The molecule has 4 fully saturated rings. The summed E-state index contributed by atoms with van der Waals surface area (Å²) in [6.07, 6.45) is 6.44. The highest BCUT2D eigenvalue weighted by Gasteiger charge is 2.41. The van der Waals surface area contributed by atoms with Crippen LogP contribution in [0.25, 0.3) is 33.2 Å². The fourth-order valence-electron chi connectivity index (χ4n) is 9.61. The van der Waals surface area contributed by atoms with Gasteiger partial charge < -0.3 is 49.7 Å². The number of methoxy groups -OCH3 is 2. The summed E-state index contributed by atoms with van der Waals surface area (Å²) in [7, 11) is 2.59. The summed E-state index contributed by atoms with van der Waals surface area (Å²) in [6, 6.07) is 18.2. The first-order valence-electron chi connectivity index (χ1n) is 22.1. The van der Waals surface area contributed by atoms with E-state index in [-0.39, 0.29) is 41.6 Å². The zero-order chi connectivity index (χ0) is 43.9. The molecule has 5 heterocycles. The zero-order valence-corrected chi connectivity index (χ0v) is 35.9. The Morgan fingerprint density at radius 2 is 1.24 bits per heavy atom. The van der Waals surface area contributed by atoms with Crippen molar-refractivity contribution in [2.75, 3.05) is 60.3 Å². The average Bonchev–Trinajstić information content (AvgIpc) is 4.14. The van der Waals surface area contributed by atoms with E-state index in [1.165, 1.54) is 14.2 Å². The molecule has 4 saturated heterocycles. The SMILES string of the molecule is COC(=O)NC(C(=O)N1CCCC1CNC(=O)c1ccc(-c2ccc3cc(-c4cnc(C5CCCN5C(=O)C(NC(=O)OC)C5CCOCC5)[nH]4)ccc3c2)cc1)C1CCOCC1.